The molecular weight excluding hydrogens is 334 g/mol. The van der Waals surface area contributed by atoms with E-state index in [1.165, 1.54) is 11.1 Å². The lowest BCUT2D eigenvalue weighted by molar-refractivity contribution is -0.117. The predicted molar refractivity (Wildman–Crippen MR) is 96.6 cm³/mol. The average molecular weight is 353 g/mol. The van der Waals surface area contributed by atoms with E-state index >= 15 is 0 Å². The van der Waals surface area contributed by atoms with Crippen LogP contribution in [0.4, 0.5) is 5.69 Å². The Bertz CT molecular complexity index is 873. The third-order valence-electron chi connectivity index (χ3n) is 3.49. The van der Waals surface area contributed by atoms with Gasteiger partial charge in [-0.05, 0) is 12.1 Å². The van der Waals surface area contributed by atoms with Gasteiger partial charge < -0.3 is 21.5 Å². The Hall–Kier alpha value is -3.44. The fourth-order valence-electron chi connectivity index (χ4n) is 2.08. The van der Waals surface area contributed by atoms with Gasteiger partial charge in [0.05, 0.1) is 11.9 Å². The number of anilines is 1. The first-order valence-electron chi connectivity index (χ1n) is 7.78. The first-order valence-corrected chi connectivity index (χ1v) is 7.78. The van der Waals surface area contributed by atoms with Gasteiger partial charge >= 0.3 is 0 Å². The topological polar surface area (TPSA) is 135 Å². The van der Waals surface area contributed by atoms with Crippen molar-refractivity contribution in [3.05, 3.63) is 41.7 Å². The number of hydrogen-bond donors (Lipinski definition) is 3. The summed E-state index contributed by atoms with van der Waals surface area (Å²) in [5, 5.41) is 9.86. The zero-order valence-corrected chi connectivity index (χ0v) is 14.2. The number of rotatable bonds is 6. The van der Waals surface area contributed by atoms with E-state index < -0.39 is 12.0 Å². The summed E-state index contributed by atoms with van der Waals surface area (Å²) >= 11 is 0. The molecule has 1 aromatic heterocycles. The maximum atomic E-state index is 11.4. The number of hydrogen-bond acceptors (Lipinski definition) is 6. The van der Waals surface area contributed by atoms with Crippen LogP contribution in [0.15, 0.2) is 30.5 Å². The minimum Gasteiger partial charge on any atom is -0.396 e. The Morgan fingerprint density at radius 3 is 2.92 bits per heavy atom. The molecule has 5 N–H and O–H groups in total. The number of aliphatic hydroxyl groups excluding tert-OH is 1. The van der Waals surface area contributed by atoms with Crippen LogP contribution in [0.2, 0.25) is 0 Å². The summed E-state index contributed by atoms with van der Waals surface area (Å²) in [5.74, 6) is 5.16. The quantitative estimate of drug-likeness (QED) is 0.495. The molecule has 8 heteroatoms. The Labute approximate surface area is 150 Å². The summed E-state index contributed by atoms with van der Waals surface area (Å²) in [6.07, 6.45) is 1.52. The Balaban J connectivity index is 2.19. The first kappa shape index (κ1) is 18.9. The molecular formula is C18H19N5O3. The molecule has 0 aliphatic heterocycles. The van der Waals surface area contributed by atoms with Gasteiger partial charge in [-0.15, -0.1) is 0 Å². The molecule has 26 heavy (non-hydrogen) atoms. The van der Waals surface area contributed by atoms with Crippen molar-refractivity contribution in [3.8, 4) is 23.2 Å². The molecule has 2 amide bonds. The number of aliphatic hydroxyl groups is 1. The molecule has 0 aliphatic rings. The summed E-state index contributed by atoms with van der Waals surface area (Å²) < 4.78 is 0. The van der Waals surface area contributed by atoms with Gasteiger partial charge in [-0.25, -0.2) is 9.97 Å². The van der Waals surface area contributed by atoms with Crippen molar-refractivity contribution in [1.29, 1.82) is 0 Å². The van der Waals surface area contributed by atoms with Crippen LogP contribution in [-0.2, 0) is 4.79 Å². The van der Waals surface area contributed by atoms with Gasteiger partial charge in [-0.2, -0.15) is 0 Å². The van der Waals surface area contributed by atoms with Gasteiger partial charge in [0.2, 0.25) is 6.41 Å². The minimum absolute atomic E-state index is 0.0405. The summed E-state index contributed by atoms with van der Waals surface area (Å²) in [6.45, 7) is 0.411. The van der Waals surface area contributed by atoms with Gasteiger partial charge in [0.15, 0.2) is 11.5 Å². The highest BCUT2D eigenvalue weighted by molar-refractivity contribution is 5.96. The van der Waals surface area contributed by atoms with Crippen molar-refractivity contribution in [2.45, 2.75) is 12.5 Å². The van der Waals surface area contributed by atoms with E-state index in [9.17, 15) is 14.7 Å². The van der Waals surface area contributed by atoms with Crippen molar-refractivity contribution >= 4 is 18.0 Å². The van der Waals surface area contributed by atoms with Crippen LogP contribution >= 0.6 is 0 Å². The van der Waals surface area contributed by atoms with Crippen LogP contribution in [-0.4, -0.2) is 52.0 Å². The maximum Gasteiger partial charge on any atom is 0.269 e. The summed E-state index contributed by atoms with van der Waals surface area (Å²) in [5.41, 5.74) is 12.2. The monoisotopic (exact) mass is 353 g/mol. The standard InChI is InChI=1S/C18H19N5O3/c1-23(11-24)8-7-14(25)6-5-12-3-2-4-13(9-12)18-21-10-15(19)16(22-18)17(20)26/h2-4,9-11,14,25H,7-8,19H2,1H3,(H2,20,26). The first-order chi connectivity index (χ1) is 12.4. The summed E-state index contributed by atoms with van der Waals surface area (Å²) in [7, 11) is 1.63. The highest BCUT2D eigenvalue weighted by atomic mass is 16.3. The molecule has 1 unspecified atom stereocenters. The van der Waals surface area contributed by atoms with E-state index in [1.54, 1.807) is 31.3 Å². The molecule has 8 nitrogen and oxygen atoms in total. The largest absolute Gasteiger partial charge is 0.396 e. The lowest BCUT2D eigenvalue weighted by atomic mass is 10.1. The number of nitrogens with zero attached hydrogens (tertiary/aromatic N) is 3. The summed E-state index contributed by atoms with van der Waals surface area (Å²) in [6, 6.07) is 7.02. The number of aromatic nitrogens is 2. The second-order valence-electron chi connectivity index (χ2n) is 5.60. The Morgan fingerprint density at radius 1 is 1.46 bits per heavy atom. The van der Waals surface area contributed by atoms with E-state index in [4.69, 9.17) is 11.5 Å². The molecule has 0 saturated heterocycles. The average Bonchev–Trinajstić information content (AvgIpc) is 2.64. The fraction of sp³-hybridized carbons (Fsp3) is 0.222. The Kier molecular flexibility index (Phi) is 6.25. The zero-order valence-electron chi connectivity index (χ0n) is 14.2. The number of benzene rings is 1. The number of amides is 2. The van der Waals surface area contributed by atoms with Crippen molar-refractivity contribution in [2.75, 3.05) is 19.3 Å². The lowest BCUT2D eigenvalue weighted by Crippen LogP contribution is -2.21. The van der Waals surface area contributed by atoms with E-state index in [0.29, 0.717) is 36.3 Å². The second-order valence-corrected chi connectivity index (χ2v) is 5.60. The van der Waals surface area contributed by atoms with Crippen LogP contribution in [0.1, 0.15) is 22.5 Å². The molecule has 1 atom stereocenters. The van der Waals surface area contributed by atoms with Gasteiger partial charge in [0.25, 0.3) is 5.91 Å². The maximum absolute atomic E-state index is 11.4. The molecule has 1 aromatic carbocycles. The number of carbonyl (C=O) groups is 2. The van der Waals surface area contributed by atoms with E-state index in [1.807, 2.05) is 0 Å². The van der Waals surface area contributed by atoms with E-state index in [2.05, 4.69) is 21.8 Å². The molecule has 0 radical (unpaired) electrons. The molecule has 0 bridgehead atoms. The van der Waals surface area contributed by atoms with Crippen molar-refractivity contribution < 1.29 is 14.7 Å². The molecule has 134 valence electrons. The van der Waals surface area contributed by atoms with Crippen molar-refractivity contribution in [3.63, 3.8) is 0 Å². The van der Waals surface area contributed by atoms with Gasteiger partial charge in [0, 0.05) is 31.1 Å². The third-order valence-corrected chi connectivity index (χ3v) is 3.49. The molecule has 2 rings (SSSR count). The minimum atomic E-state index is -0.852. The molecule has 1 heterocycles. The van der Waals surface area contributed by atoms with E-state index in [-0.39, 0.29) is 11.4 Å². The predicted octanol–water partition coefficient (Wildman–Crippen LogP) is 0.0154. The second kappa shape index (κ2) is 8.60. The molecule has 0 saturated carbocycles. The molecule has 0 spiro atoms. The van der Waals surface area contributed by atoms with Crippen LogP contribution in [0, 0.1) is 11.8 Å². The Morgan fingerprint density at radius 2 is 2.23 bits per heavy atom. The van der Waals surface area contributed by atoms with Gasteiger partial charge in [0.1, 0.15) is 6.10 Å². The number of primary amides is 1. The lowest BCUT2D eigenvalue weighted by Gasteiger charge is -2.10. The van der Waals surface area contributed by atoms with Crippen molar-refractivity contribution in [1.82, 2.24) is 14.9 Å². The van der Waals surface area contributed by atoms with Gasteiger partial charge in [-0.1, -0.05) is 24.0 Å². The highest BCUT2D eigenvalue weighted by Gasteiger charge is 2.11. The zero-order chi connectivity index (χ0) is 19.1. The molecule has 0 fully saturated rings. The summed E-state index contributed by atoms with van der Waals surface area (Å²) in [4.78, 5) is 31.5. The normalized spacial score (nSPS) is 11.2. The number of carbonyl (C=O) groups excluding carboxylic acids is 2. The van der Waals surface area contributed by atoms with Crippen LogP contribution < -0.4 is 11.5 Å². The number of nitrogens with two attached hydrogens (primary N) is 2. The van der Waals surface area contributed by atoms with Crippen molar-refractivity contribution in [2.24, 2.45) is 5.73 Å². The molecule has 2 aromatic rings. The van der Waals surface area contributed by atoms with Crippen LogP contribution in [0.3, 0.4) is 0 Å². The highest BCUT2D eigenvalue weighted by Crippen LogP contribution is 2.18. The SMILES string of the molecule is CN(C=O)CCC(O)C#Cc1cccc(-c2ncc(N)c(C(N)=O)n2)c1. The fourth-order valence-corrected chi connectivity index (χ4v) is 2.08. The van der Waals surface area contributed by atoms with E-state index in [0.717, 1.165) is 0 Å². The molecule has 0 aliphatic carbocycles. The van der Waals surface area contributed by atoms with Crippen LogP contribution in [0.5, 0.6) is 0 Å². The van der Waals surface area contributed by atoms with Gasteiger partial charge in [-0.3, -0.25) is 9.59 Å². The smallest absolute Gasteiger partial charge is 0.269 e. The number of nitrogen functional groups attached to an aromatic ring is 1. The van der Waals surface area contributed by atoms with Crippen LogP contribution in [0.25, 0.3) is 11.4 Å². The third kappa shape index (κ3) is 5.03.